The first-order valence-corrected chi connectivity index (χ1v) is 12.1. The molecule has 16 heteroatoms. The zero-order valence-electron chi connectivity index (χ0n) is 19.5. The van der Waals surface area contributed by atoms with Crippen LogP contribution in [0.15, 0.2) is 76.7 Å². The minimum absolute atomic E-state index is 0.0895. The number of nitrogens with zero attached hydrogens (tertiary/aromatic N) is 1. The van der Waals surface area contributed by atoms with Gasteiger partial charge in [-0.3, -0.25) is 4.79 Å². The van der Waals surface area contributed by atoms with Gasteiger partial charge in [0.1, 0.15) is 4.90 Å². The van der Waals surface area contributed by atoms with Gasteiger partial charge in [0.25, 0.3) is 0 Å². The second-order valence-corrected chi connectivity index (χ2v) is 9.48. The van der Waals surface area contributed by atoms with Crippen LogP contribution >= 0.6 is 0 Å². The molecule has 0 aromatic heterocycles. The number of hydrogen-bond acceptors (Lipinski definition) is 5. The summed E-state index contributed by atoms with van der Waals surface area (Å²) in [6.07, 6.45) is -15.0. The predicted octanol–water partition coefficient (Wildman–Crippen LogP) is 6.20. The monoisotopic (exact) mass is 598 g/mol. The number of carbonyl (C=O) groups is 1. The van der Waals surface area contributed by atoms with Gasteiger partial charge in [0.2, 0.25) is 5.91 Å². The molecule has 3 aromatic carbocycles. The highest BCUT2D eigenvalue weighted by molar-refractivity contribution is 7.87. The summed E-state index contributed by atoms with van der Waals surface area (Å²) in [5.41, 5.74) is -3.16. The first kappa shape index (κ1) is 30.5. The zero-order chi connectivity index (χ0) is 29.9. The fraction of sp³-hybridized carbons (Fsp3) is 0.167. The minimum atomic E-state index is -5.04. The normalized spacial score (nSPS) is 12.9. The Bertz CT molecular complexity index is 1510. The Kier molecular flexibility index (Phi) is 8.52. The van der Waals surface area contributed by atoms with Crippen molar-refractivity contribution in [3.8, 4) is 5.75 Å². The van der Waals surface area contributed by atoms with Crippen LogP contribution in [0.25, 0.3) is 0 Å². The van der Waals surface area contributed by atoms with Crippen molar-refractivity contribution in [3.05, 3.63) is 94.5 Å². The lowest BCUT2D eigenvalue weighted by atomic mass is 10.00. The molecule has 0 fully saturated rings. The Morgan fingerprint density at radius 1 is 0.800 bits per heavy atom. The van der Waals surface area contributed by atoms with E-state index in [1.54, 1.807) is 0 Å². The summed E-state index contributed by atoms with van der Waals surface area (Å²) >= 11 is 0. The predicted molar refractivity (Wildman–Crippen MR) is 122 cm³/mol. The van der Waals surface area contributed by atoms with E-state index in [2.05, 4.69) is 5.10 Å². The number of hydrogen-bond donors (Lipinski definition) is 1. The Morgan fingerprint density at radius 3 is 1.95 bits per heavy atom. The van der Waals surface area contributed by atoms with Crippen molar-refractivity contribution in [2.24, 2.45) is 5.10 Å². The molecule has 0 radical (unpaired) electrons. The van der Waals surface area contributed by atoms with Gasteiger partial charge in [-0.2, -0.15) is 53.0 Å². The molecule has 0 aliphatic carbocycles. The lowest BCUT2D eigenvalue weighted by molar-refractivity contribution is -0.142. The van der Waals surface area contributed by atoms with Gasteiger partial charge in [-0.1, -0.05) is 12.1 Å². The van der Waals surface area contributed by atoms with E-state index < -0.39 is 68.1 Å². The van der Waals surface area contributed by atoms with Crippen LogP contribution in [0, 0.1) is 0 Å². The highest BCUT2D eigenvalue weighted by atomic mass is 32.2. The van der Waals surface area contributed by atoms with Crippen LogP contribution in [0.1, 0.15) is 27.8 Å². The molecule has 0 aliphatic heterocycles. The molecule has 3 aromatic rings. The molecule has 0 bridgehead atoms. The van der Waals surface area contributed by atoms with Crippen LogP contribution in [-0.2, 0) is 39.9 Å². The third-order valence-corrected chi connectivity index (χ3v) is 6.32. The Balaban J connectivity index is 1.76. The van der Waals surface area contributed by atoms with Crippen LogP contribution in [0.3, 0.4) is 0 Å². The second-order valence-electron chi connectivity index (χ2n) is 7.93. The van der Waals surface area contributed by atoms with E-state index >= 15 is 0 Å². The lowest BCUT2D eigenvalue weighted by Crippen LogP contribution is -2.22. The lowest BCUT2D eigenvalue weighted by Gasteiger charge is -2.15. The Labute approximate surface area is 220 Å². The number of nitrogens with one attached hydrogen (secondary N) is 1. The van der Waals surface area contributed by atoms with Crippen molar-refractivity contribution in [3.63, 3.8) is 0 Å². The minimum Gasteiger partial charge on any atom is -0.378 e. The molecule has 0 saturated carbocycles. The van der Waals surface area contributed by atoms with Crippen LogP contribution in [-0.4, -0.2) is 20.5 Å². The third-order valence-electron chi connectivity index (χ3n) is 5.07. The van der Waals surface area contributed by atoms with E-state index in [4.69, 9.17) is 4.18 Å². The van der Waals surface area contributed by atoms with E-state index in [1.165, 1.54) is 18.2 Å². The fourth-order valence-electron chi connectivity index (χ4n) is 3.22. The van der Waals surface area contributed by atoms with E-state index in [0.29, 0.717) is 24.3 Å². The van der Waals surface area contributed by atoms with Crippen LogP contribution in [0.4, 0.5) is 39.5 Å². The number of amides is 1. The van der Waals surface area contributed by atoms with Crippen LogP contribution in [0.5, 0.6) is 5.75 Å². The van der Waals surface area contributed by atoms with Gasteiger partial charge >= 0.3 is 28.6 Å². The molecule has 6 nitrogen and oxygen atoms in total. The van der Waals surface area contributed by atoms with Gasteiger partial charge in [-0.15, -0.1) is 0 Å². The Morgan fingerprint density at radius 2 is 1.38 bits per heavy atom. The number of para-hydroxylation sites is 1. The van der Waals surface area contributed by atoms with E-state index in [-0.39, 0.29) is 29.5 Å². The van der Waals surface area contributed by atoms with Crippen LogP contribution < -0.4 is 9.61 Å². The maximum atomic E-state index is 13.2. The summed E-state index contributed by atoms with van der Waals surface area (Å²) in [7, 11) is -4.63. The number of carbonyl (C=O) groups excluding carboxylic acids is 1. The fourth-order valence-corrected chi connectivity index (χ4v) is 4.17. The maximum absolute atomic E-state index is 13.2. The molecule has 3 rings (SSSR count). The molecule has 1 N–H and O–H groups in total. The topological polar surface area (TPSA) is 84.8 Å². The standard InChI is InChI=1S/C24H15F9N2O4S/c25-22(26,27)16-5-8-18(9-6-16)40(37,38)39-20-4-2-1-3-14(20)13-34-35-21(36)12-15-11-17(23(28,29)30)7-10-19(15)24(31,32)33/h1-11,13H,12H2,(H,35,36). The average molecular weight is 598 g/mol. The van der Waals surface area contributed by atoms with Crippen molar-refractivity contribution in [2.45, 2.75) is 29.8 Å². The first-order valence-electron chi connectivity index (χ1n) is 10.7. The molecule has 40 heavy (non-hydrogen) atoms. The van der Waals surface area contributed by atoms with Gasteiger partial charge in [-0.05, 0) is 60.2 Å². The molecule has 214 valence electrons. The summed E-state index contributed by atoms with van der Waals surface area (Å²) in [4.78, 5) is 11.5. The molecule has 0 aliphatic rings. The van der Waals surface area contributed by atoms with Crippen LogP contribution in [0.2, 0.25) is 0 Å². The number of benzene rings is 3. The molecule has 0 saturated heterocycles. The molecular weight excluding hydrogens is 583 g/mol. The molecular formula is C24H15F9N2O4S. The summed E-state index contributed by atoms with van der Waals surface area (Å²) in [6, 6.07) is 8.18. The van der Waals surface area contributed by atoms with Crippen molar-refractivity contribution >= 4 is 22.2 Å². The van der Waals surface area contributed by atoms with Crippen molar-refractivity contribution in [1.82, 2.24) is 5.43 Å². The average Bonchev–Trinajstić information content (AvgIpc) is 2.83. The van der Waals surface area contributed by atoms with Gasteiger partial charge in [0.05, 0.1) is 29.3 Å². The third kappa shape index (κ3) is 7.74. The number of hydrazone groups is 1. The molecule has 1 amide bonds. The zero-order valence-corrected chi connectivity index (χ0v) is 20.3. The van der Waals surface area contributed by atoms with E-state index in [0.717, 1.165) is 12.3 Å². The Hall–Kier alpha value is -4.08. The summed E-state index contributed by atoms with van der Waals surface area (Å²) in [5, 5.41) is 3.47. The van der Waals surface area contributed by atoms with Gasteiger partial charge in [0, 0.05) is 5.56 Å². The number of alkyl halides is 9. The summed E-state index contributed by atoms with van der Waals surface area (Å²) < 4.78 is 147. The van der Waals surface area contributed by atoms with Gasteiger partial charge in [0.15, 0.2) is 5.75 Å². The summed E-state index contributed by atoms with van der Waals surface area (Å²) in [5.74, 6) is -1.60. The highest BCUT2D eigenvalue weighted by Crippen LogP contribution is 2.37. The summed E-state index contributed by atoms with van der Waals surface area (Å²) in [6.45, 7) is 0. The van der Waals surface area contributed by atoms with Crippen molar-refractivity contribution < 1.29 is 56.9 Å². The van der Waals surface area contributed by atoms with Gasteiger partial charge in [-0.25, -0.2) is 5.43 Å². The largest absolute Gasteiger partial charge is 0.416 e. The quantitative estimate of drug-likeness (QED) is 0.152. The second kappa shape index (κ2) is 11.2. The number of rotatable bonds is 7. The molecule has 0 unspecified atom stereocenters. The molecule has 0 heterocycles. The SMILES string of the molecule is O=C(Cc1cc(C(F)(F)F)ccc1C(F)(F)F)NN=Cc1ccccc1OS(=O)(=O)c1ccc(C(F)(F)F)cc1. The van der Waals surface area contributed by atoms with Crippen molar-refractivity contribution in [2.75, 3.05) is 0 Å². The number of halogens is 9. The first-order chi connectivity index (χ1) is 18.4. The highest BCUT2D eigenvalue weighted by Gasteiger charge is 2.37. The van der Waals surface area contributed by atoms with Crippen molar-refractivity contribution in [1.29, 1.82) is 0 Å². The smallest absolute Gasteiger partial charge is 0.378 e. The van der Waals surface area contributed by atoms with Gasteiger partial charge < -0.3 is 4.18 Å². The molecule has 0 spiro atoms. The van der Waals surface area contributed by atoms with E-state index in [9.17, 15) is 52.7 Å². The van der Waals surface area contributed by atoms with E-state index in [1.807, 2.05) is 5.43 Å². The molecule has 0 atom stereocenters. The maximum Gasteiger partial charge on any atom is 0.416 e.